The van der Waals surface area contributed by atoms with Crippen LogP contribution in [0.5, 0.6) is 5.75 Å². The van der Waals surface area contributed by atoms with Crippen LogP contribution in [-0.4, -0.2) is 29.3 Å². The first-order chi connectivity index (χ1) is 13.1. The molecule has 2 bridgehead atoms. The van der Waals surface area contributed by atoms with Gasteiger partial charge in [-0.1, -0.05) is 12.8 Å². The molecule has 6 heteroatoms. The van der Waals surface area contributed by atoms with Gasteiger partial charge in [0.2, 0.25) is 5.91 Å². The highest BCUT2D eigenvalue weighted by Crippen LogP contribution is 2.42. The molecule has 1 aromatic carbocycles. The van der Waals surface area contributed by atoms with E-state index in [2.05, 4.69) is 5.32 Å². The summed E-state index contributed by atoms with van der Waals surface area (Å²) in [7, 11) is 0. The molecule has 0 radical (unpaired) electrons. The first kappa shape index (κ1) is 21.4. The van der Waals surface area contributed by atoms with Crippen LogP contribution < -0.4 is 15.8 Å². The number of hydrogen-bond acceptors (Lipinski definition) is 4. The molecule has 3 aliphatic carbocycles. The van der Waals surface area contributed by atoms with Crippen molar-refractivity contribution in [3.05, 3.63) is 24.3 Å². The maximum atomic E-state index is 12.7. The predicted octanol–water partition coefficient (Wildman–Crippen LogP) is 3.88. The maximum absolute atomic E-state index is 12.7. The van der Waals surface area contributed by atoms with Crippen LogP contribution >= 0.6 is 12.4 Å². The molecule has 4 rings (SSSR count). The van der Waals surface area contributed by atoms with E-state index in [1.165, 1.54) is 19.3 Å². The molecule has 0 heterocycles. The molecular formula is C22H33ClN2O3. The van der Waals surface area contributed by atoms with Gasteiger partial charge >= 0.3 is 0 Å². The molecule has 1 amide bonds. The summed E-state index contributed by atoms with van der Waals surface area (Å²) in [5.74, 6) is 1.96. The van der Waals surface area contributed by atoms with E-state index in [0.29, 0.717) is 11.8 Å². The molecule has 0 saturated heterocycles. The van der Waals surface area contributed by atoms with Crippen molar-refractivity contribution in [1.82, 2.24) is 0 Å². The summed E-state index contributed by atoms with van der Waals surface area (Å²) in [6.45, 7) is 0. The van der Waals surface area contributed by atoms with Gasteiger partial charge in [0.05, 0.1) is 6.10 Å². The highest BCUT2D eigenvalue weighted by Gasteiger charge is 2.40. The molecule has 4 unspecified atom stereocenters. The number of benzene rings is 1. The van der Waals surface area contributed by atoms with Gasteiger partial charge in [-0.15, -0.1) is 12.4 Å². The molecule has 4 N–H and O–H groups in total. The van der Waals surface area contributed by atoms with Crippen molar-refractivity contribution in [1.29, 1.82) is 0 Å². The zero-order chi connectivity index (χ0) is 18.8. The minimum atomic E-state index is -0.379. The lowest BCUT2D eigenvalue weighted by atomic mass is 9.65. The van der Waals surface area contributed by atoms with E-state index in [1.54, 1.807) is 0 Å². The Labute approximate surface area is 173 Å². The molecule has 0 spiro atoms. The summed E-state index contributed by atoms with van der Waals surface area (Å²) >= 11 is 0. The van der Waals surface area contributed by atoms with Crippen molar-refractivity contribution < 1.29 is 14.6 Å². The number of fused-ring (bicyclic) bond motifs is 2. The number of aliphatic hydroxyl groups excluding tert-OH is 1. The number of halogens is 1. The minimum Gasteiger partial charge on any atom is -0.488 e. The number of aliphatic hydroxyl groups is 1. The van der Waals surface area contributed by atoms with E-state index in [1.807, 2.05) is 24.3 Å². The maximum Gasteiger partial charge on any atom is 0.227 e. The Kier molecular flexibility index (Phi) is 7.24. The van der Waals surface area contributed by atoms with Gasteiger partial charge in [0.1, 0.15) is 11.9 Å². The normalized spacial score (nSPS) is 34.8. The van der Waals surface area contributed by atoms with E-state index in [4.69, 9.17) is 10.5 Å². The molecular weight excluding hydrogens is 376 g/mol. The van der Waals surface area contributed by atoms with Crippen molar-refractivity contribution in [2.24, 2.45) is 23.5 Å². The van der Waals surface area contributed by atoms with Crippen LogP contribution in [0.3, 0.4) is 0 Å². The van der Waals surface area contributed by atoms with Gasteiger partial charge < -0.3 is 20.9 Å². The van der Waals surface area contributed by atoms with Crippen molar-refractivity contribution in [2.75, 3.05) is 5.32 Å². The van der Waals surface area contributed by atoms with Gasteiger partial charge in [-0.2, -0.15) is 0 Å². The van der Waals surface area contributed by atoms with Crippen molar-refractivity contribution >= 4 is 24.0 Å². The summed E-state index contributed by atoms with van der Waals surface area (Å²) in [5, 5.41) is 13.1. The fourth-order valence-electron chi connectivity index (χ4n) is 5.25. The van der Waals surface area contributed by atoms with Crippen LogP contribution in [0.1, 0.15) is 57.8 Å². The SMILES string of the molecule is Cl.NC1C2CCCC1CC(C(=O)Nc1ccc(OC3CCCCC3O)cc1)C2. The van der Waals surface area contributed by atoms with E-state index >= 15 is 0 Å². The molecule has 3 aliphatic rings. The lowest BCUT2D eigenvalue weighted by molar-refractivity contribution is -0.122. The van der Waals surface area contributed by atoms with Gasteiger partial charge in [0.15, 0.2) is 0 Å². The molecule has 28 heavy (non-hydrogen) atoms. The highest BCUT2D eigenvalue weighted by molar-refractivity contribution is 5.92. The number of amides is 1. The summed E-state index contributed by atoms with van der Waals surface area (Å²) in [4.78, 5) is 12.7. The lowest BCUT2D eigenvalue weighted by Gasteiger charge is -2.43. The van der Waals surface area contributed by atoms with Crippen LogP contribution in [0.4, 0.5) is 5.69 Å². The number of nitrogens with two attached hydrogens (primary N) is 1. The Hall–Kier alpha value is -1.30. The Morgan fingerprint density at radius 1 is 1.00 bits per heavy atom. The van der Waals surface area contributed by atoms with Crippen molar-refractivity contribution in [3.8, 4) is 5.75 Å². The smallest absolute Gasteiger partial charge is 0.227 e. The zero-order valence-corrected chi connectivity index (χ0v) is 17.2. The molecule has 5 nitrogen and oxygen atoms in total. The first-order valence-corrected chi connectivity index (χ1v) is 10.6. The van der Waals surface area contributed by atoms with Crippen LogP contribution in [0.25, 0.3) is 0 Å². The Bertz CT molecular complexity index is 640. The monoisotopic (exact) mass is 408 g/mol. The third-order valence-electron chi connectivity index (χ3n) is 6.86. The second-order valence-electron chi connectivity index (χ2n) is 8.72. The largest absolute Gasteiger partial charge is 0.488 e. The molecule has 0 aliphatic heterocycles. The number of rotatable bonds is 4. The number of anilines is 1. The summed E-state index contributed by atoms with van der Waals surface area (Å²) in [6, 6.07) is 7.81. The molecule has 156 valence electrons. The summed E-state index contributed by atoms with van der Waals surface area (Å²) in [5.41, 5.74) is 7.14. The number of hydrogen-bond donors (Lipinski definition) is 3. The standard InChI is InChI=1S/C22H32N2O3.ClH/c23-21-14-4-3-5-15(21)13-16(12-14)22(26)24-17-8-10-18(11-9-17)27-20-7-2-1-6-19(20)25;/h8-11,14-16,19-21,25H,1-7,12-13,23H2,(H,24,26);1H. The zero-order valence-electron chi connectivity index (χ0n) is 16.4. The van der Waals surface area contributed by atoms with Crippen LogP contribution in [0.15, 0.2) is 24.3 Å². The average molecular weight is 409 g/mol. The molecule has 3 fully saturated rings. The number of ether oxygens (including phenoxy) is 1. The Balaban J connectivity index is 0.00000225. The minimum absolute atomic E-state index is 0. The van der Waals surface area contributed by atoms with E-state index in [9.17, 15) is 9.90 Å². The van der Waals surface area contributed by atoms with E-state index < -0.39 is 0 Å². The highest BCUT2D eigenvalue weighted by atomic mass is 35.5. The summed E-state index contributed by atoms with van der Waals surface area (Å²) in [6.07, 6.45) is 8.81. The third-order valence-corrected chi connectivity index (χ3v) is 6.86. The topological polar surface area (TPSA) is 84.6 Å². The van der Waals surface area contributed by atoms with Gasteiger partial charge in [-0.05, 0) is 81.0 Å². The predicted molar refractivity (Wildman–Crippen MR) is 113 cm³/mol. The lowest BCUT2D eigenvalue weighted by Crippen LogP contribution is -2.48. The Morgan fingerprint density at radius 2 is 1.64 bits per heavy atom. The van der Waals surface area contributed by atoms with E-state index in [0.717, 1.165) is 50.0 Å². The Morgan fingerprint density at radius 3 is 2.29 bits per heavy atom. The van der Waals surface area contributed by atoms with Crippen LogP contribution in [0.2, 0.25) is 0 Å². The van der Waals surface area contributed by atoms with Crippen LogP contribution in [0, 0.1) is 17.8 Å². The van der Waals surface area contributed by atoms with Crippen molar-refractivity contribution in [2.45, 2.75) is 76.0 Å². The second kappa shape index (κ2) is 9.47. The quantitative estimate of drug-likeness (QED) is 0.705. The molecule has 3 saturated carbocycles. The van der Waals surface area contributed by atoms with Gasteiger partial charge in [-0.3, -0.25) is 4.79 Å². The third kappa shape index (κ3) is 4.81. The van der Waals surface area contributed by atoms with Gasteiger partial charge in [0, 0.05) is 17.6 Å². The fraction of sp³-hybridized carbons (Fsp3) is 0.682. The van der Waals surface area contributed by atoms with Gasteiger partial charge in [0.25, 0.3) is 0 Å². The van der Waals surface area contributed by atoms with Crippen molar-refractivity contribution in [3.63, 3.8) is 0 Å². The summed E-state index contributed by atoms with van der Waals surface area (Å²) < 4.78 is 5.93. The van der Waals surface area contributed by atoms with E-state index in [-0.39, 0.29) is 42.5 Å². The number of carbonyl (C=O) groups is 1. The van der Waals surface area contributed by atoms with Crippen LogP contribution in [-0.2, 0) is 4.79 Å². The molecule has 0 aromatic heterocycles. The number of carbonyl (C=O) groups excluding carboxylic acids is 1. The average Bonchev–Trinajstić information content (AvgIpc) is 2.65. The number of nitrogens with one attached hydrogen (secondary N) is 1. The molecule has 1 aromatic rings. The first-order valence-electron chi connectivity index (χ1n) is 10.6. The second-order valence-corrected chi connectivity index (χ2v) is 8.72. The van der Waals surface area contributed by atoms with Gasteiger partial charge in [-0.25, -0.2) is 0 Å². The fourth-order valence-corrected chi connectivity index (χ4v) is 5.25. The molecule has 4 atom stereocenters.